The molecule has 0 atom stereocenters. The number of carbonyl (C=O) groups is 2. The molecule has 0 unspecified atom stereocenters. The summed E-state index contributed by atoms with van der Waals surface area (Å²) >= 11 is 5.85. The molecule has 1 aromatic heterocycles. The van der Waals surface area contributed by atoms with Gasteiger partial charge in [-0.25, -0.2) is 15.2 Å². The van der Waals surface area contributed by atoms with Gasteiger partial charge in [-0.15, -0.1) is 0 Å². The minimum atomic E-state index is -0.487. The topological polar surface area (TPSA) is 89.9 Å². The Morgan fingerprint density at radius 1 is 1.28 bits per heavy atom. The second kappa shape index (κ2) is 9.39. The standard InChI is InChI=1S/C17H16ClN3O4/c1-2-24-15(22)11-25-14-8-4-3-6-12(14)10-20-21-17(23)13-7-5-9-19-16(13)18/h3-10H,2,11H2,1H3,(H,21,23). The third kappa shape index (κ3) is 5.58. The van der Waals surface area contributed by atoms with Gasteiger partial charge in [-0.1, -0.05) is 23.7 Å². The molecule has 0 fully saturated rings. The third-order valence-electron chi connectivity index (χ3n) is 2.94. The molecule has 25 heavy (non-hydrogen) atoms. The summed E-state index contributed by atoms with van der Waals surface area (Å²) in [6.45, 7) is 1.79. The Bertz CT molecular complexity index is 780. The minimum Gasteiger partial charge on any atom is -0.481 e. The lowest BCUT2D eigenvalue weighted by Gasteiger charge is -2.08. The molecule has 1 heterocycles. The van der Waals surface area contributed by atoms with Crippen molar-refractivity contribution in [1.82, 2.24) is 10.4 Å². The van der Waals surface area contributed by atoms with Crippen molar-refractivity contribution in [3.63, 3.8) is 0 Å². The van der Waals surface area contributed by atoms with Crippen molar-refractivity contribution in [2.24, 2.45) is 5.10 Å². The number of nitrogens with one attached hydrogen (secondary N) is 1. The van der Waals surface area contributed by atoms with E-state index in [1.165, 1.54) is 18.5 Å². The maximum absolute atomic E-state index is 12.0. The van der Waals surface area contributed by atoms with Gasteiger partial charge in [-0.2, -0.15) is 5.10 Å². The highest BCUT2D eigenvalue weighted by molar-refractivity contribution is 6.32. The fourth-order valence-electron chi connectivity index (χ4n) is 1.83. The van der Waals surface area contributed by atoms with E-state index in [0.29, 0.717) is 11.3 Å². The summed E-state index contributed by atoms with van der Waals surface area (Å²) in [4.78, 5) is 27.2. The van der Waals surface area contributed by atoms with Crippen LogP contribution in [0.5, 0.6) is 5.75 Å². The first-order valence-corrected chi connectivity index (χ1v) is 7.81. The number of aromatic nitrogens is 1. The monoisotopic (exact) mass is 361 g/mol. The maximum Gasteiger partial charge on any atom is 0.344 e. The molecule has 7 nitrogen and oxygen atoms in total. The van der Waals surface area contributed by atoms with Gasteiger partial charge in [0.15, 0.2) is 6.61 Å². The van der Waals surface area contributed by atoms with Gasteiger partial charge in [0.05, 0.1) is 18.4 Å². The van der Waals surface area contributed by atoms with Crippen molar-refractivity contribution >= 4 is 29.7 Å². The predicted molar refractivity (Wildman–Crippen MR) is 92.9 cm³/mol. The number of hydrogen-bond donors (Lipinski definition) is 1. The van der Waals surface area contributed by atoms with Crippen molar-refractivity contribution in [1.29, 1.82) is 0 Å². The zero-order valence-electron chi connectivity index (χ0n) is 13.4. The lowest BCUT2D eigenvalue weighted by atomic mass is 10.2. The van der Waals surface area contributed by atoms with E-state index < -0.39 is 11.9 Å². The molecule has 0 radical (unpaired) electrons. The summed E-state index contributed by atoms with van der Waals surface area (Å²) in [7, 11) is 0. The van der Waals surface area contributed by atoms with E-state index in [-0.39, 0.29) is 23.9 Å². The Morgan fingerprint density at radius 3 is 2.84 bits per heavy atom. The van der Waals surface area contributed by atoms with Gasteiger partial charge >= 0.3 is 5.97 Å². The molecule has 0 saturated heterocycles. The van der Waals surface area contributed by atoms with E-state index in [0.717, 1.165) is 0 Å². The largest absolute Gasteiger partial charge is 0.481 e. The highest BCUT2D eigenvalue weighted by Crippen LogP contribution is 2.16. The molecule has 8 heteroatoms. The van der Waals surface area contributed by atoms with Gasteiger partial charge in [0.25, 0.3) is 5.91 Å². The first kappa shape index (κ1) is 18.4. The molecule has 0 bridgehead atoms. The molecule has 0 saturated carbocycles. The summed E-state index contributed by atoms with van der Waals surface area (Å²) in [6, 6.07) is 10.1. The normalized spacial score (nSPS) is 10.5. The van der Waals surface area contributed by atoms with Crippen LogP contribution in [0.2, 0.25) is 5.15 Å². The number of ether oxygens (including phenoxy) is 2. The van der Waals surface area contributed by atoms with Crippen LogP contribution in [0.4, 0.5) is 0 Å². The van der Waals surface area contributed by atoms with Crippen molar-refractivity contribution in [2.75, 3.05) is 13.2 Å². The lowest BCUT2D eigenvalue weighted by Crippen LogP contribution is -2.18. The fourth-order valence-corrected chi connectivity index (χ4v) is 2.04. The highest BCUT2D eigenvalue weighted by atomic mass is 35.5. The van der Waals surface area contributed by atoms with Crippen molar-refractivity contribution < 1.29 is 19.1 Å². The molecule has 1 N–H and O–H groups in total. The van der Waals surface area contributed by atoms with Crippen LogP contribution in [0.3, 0.4) is 0 Å². The molecular weight excluding hydrogens is 346 g/mol. The van der Waals surface area contributed by atoms with Gasteiger partial charge < -0.3 is 9.47 Å². The number of carbonyl (C=O) groups excluding carboxylic acids is 2. The predicted octanol–water partition coefficient (Wildman–Crippen LogP) is 2.44. The molecule has 130 valence electrons. The SMILES string of the molecule is CCOC(=O)COc1ccccc1C=NNC(=O)c1cccnc1Cl. The maximum atomic E-state index is 12.0. The van der Waals surface area contributed by atoms with E-state index in [1.807, 2.05) is 0 Å². The summed E-state index contributed by atoms with van der Waals surface area (Å²) in [5.41, 5.74) is 3.16. The average molecular weight is 362 g/mol. The van der Waals surface area contributed by atoms with Crippen LogP contribution in [-0.2, 0) is 9.53 Å². The Balaban J connectivity index is 2.00. The molecule has 0 aliphatic heterocycles. The van der Waals surface area contributed by atoms with Crippen molar-refractivity contribution in [3.05, 3.63) is 58.9 Å². The quantitative estimate of drug-likeness (QED) is 0.354. The Labute approximate surface area is 149 Å². The van der Waals surface area contributed by atoms with Crippen LogP contribution >= 0.6 is 11.6 Å². The third-order valence-corrected chi connectivity index (χ3v) is 3.24. The first-order valence-electron chi connectivity index (χ1n) is 7.43. The molecule has 0 aliphatic rings. The van der Waals surface area contributed by atoms with Crippen LogP contribution in [0.25, 0.3) is 0 Å². The molecular formula is C17H16ClN3O4. The molecule has 1 aromatic carbocycles. The Hall–Kier alpha value is -2.93. The molecule has 2 aromatic rings. The van der Waals surface area contributed by atoms with Gasteiger partial charge in [0, 0.05) is 11.8 Å². The average Bonchev–Trinajstić information content (AvgIpc) is 2.61. The number of benzene rings is 1. The summed E-state index contributed by atoms with van der Waals surface area (Å²) in [6.07, 6.45) is 2.89. The van der Waals surface area contributed by atoms with Gasteiger partial charge in [-0.3, -0.25) is 4.79 Å². The number of hydrazone groups is 1. The van der Waals surface area contributed by atoms with Crippen LogP contribution in [-0.4, -0.2) is 36.3 Å². The smallest absolute Gasteiger partial charge is 0.344 e. The second-order valence-electron chi connectivity index (χ2n) is 4.67. The van der Waals surface area contributed by atoms with Gasteiger partial charge in [0.1, 0.15) is 10.9 Å². The van der Waals surface area contributed by atoms with Gasteiger partial charge in [0.2, 0.25) is 0 Å². The van der Waals surface area contributed by atoms with Crippen LogP contribution in [0, 0.1) is 0 Å². The summed E-state index contributed by atoms with van der Waals surface area (Å²) in [5, 5.41) is 3.97. The zero-order valence-corrected chi connectivity index (χ0v) is 14.2. The van der Waals surface area contributed by atoms with E-state index >= 15 is 0 Å². The zero-order chi connectivity index (χ0) is 18.1. The number of halogens is 1. The van der Waals surface area contributed by atoms with Crippen LogP contribution in [0.1, 0.15) is 22.8 Å². The van der Waals surface area contributed by atoms with E-state index in [2.05, 4.69) is 15.5 Å². The van der Waals surface area contributed by atoms with E-state index in [9.17, 15) is 9.59 Å². The Morgan fingerprint density at radius 2 is 2.08 bits per heavy atom. The van der Waals surface area contributed by atoms with Gasteiger partial charge in [-0.05, 0) is 31.2 Å². The van der Waals surface area contributed by atoms with Crippen molar-refractivity contribution in [3.8, 4) is 5.75 Å². The second-order valence-corrected chi connectivity index (χ2v) is 5.03. The number of pyridine rings is 1. The molecule has 0 spiro atoms. The minimum absolute atomic E-state index is 0.0911. The first-order chi connectivity index (χ1) is 12.1. The van der Waals surface area contributed by atoms with Crippen LogP contribution < -0.4 is 10.2 Å². The van der Waals surface area contributed by atoms with E-state index in [4.69, 9.17) is 21.1 Å². The number of hydrogen-bond acceptors (Lipinski definition) is 6. The molecule has 0 aliphatic carbocycles. The fraction of sp³-hybridized carbons (Fsp3) is 0.176. The number of esters is 1. The van der Waals surface area contributed by atoms with E-state index in [1.54, 1.807) is 37.3 Å². The number of nitrogens with zero attached hydrogens (tertiary/aromatic N) is 2. The van der Waals surface area contributed by atoms with Crippen LogP contribution in [0.15, 0.2) is 47.7 Å². The number of para-hydroxylation sites is 1. The highest BCUT2D eigenvalue weighted by Gasteiger charge is 2.10. The Kier molecular flexibility index (Phi) is 6.91. The number of rotatable bonds is 7. The van der Waals surface area contributed by atoms with Crippen molar-refractivity contribution in [2.45, 2.75) is 6.92 Å². The molecule has 1 amide bonds. The summed E-state index contributed by atoms with van der Waals surface area (Å²) < 4.78 is 10.2. The molecule has 2 rings (SSSR count). The summed E-state index contributed by atoms with van der Waals surface area (Å²) in [5.74, 6) is -0.513. The number of amides is 1. The lowest BCUT2D eigenvalue weighted by molar-refractivity contribution is -0.145.